The molecule has 4 aromatic rings. The van der Waals surface area contributed by atoms with Gasteiger partial charge in [-0.25, -0.2) is 14.5 Å². The lowest BCUT2D eigenvalue weighted by Crippen LogP contribution is -2.32. The quantitative estimate of drug-likeness (QED) is 0.278. The van der Waals surface area contributed by atoms with Crippen LogP contribution in [0.3, 0.4) is 0 Å². The summed E-state index contributed by atoms with van der Waals surface area (Å²) in [5.74, 6) is -2.11. The van der Waals surface area contributed by atoms with Crippen LogP contribution >= 0.6 is 0 Å². The van der Waals surface area contributed by atoms with Crippen molar-refractivity contribution >= 4 is 23.7 Å². The first-order valence-corrected chi connectivity index (χ1v) is 10.1. The van der Waals surface area contributed by atoms with Gasteiger partial charge < -0.3 is 5.32 Å². The molecule has 0 unspecified atom stereocenters. The molecule has 0 aliphatic carbocycles. The number of aromatic nitrogens is 2. The summed E-state index contributed by atoms with van der Waals surface area (Å²) in [6, 6.07) is 22.4. The SMILES string of the molecule is Cc1ccc(NC(=O)C(=O)N/N=C/c2cn(-c3ccccc3)nc2-c2ccc(F)cc2)cc1. The Kier molecular flexibility index (Phi) is 6.36. The van der Waals surface area contributed by atoms with Gasteiger partial charge in [-0.05, 0) is 55.5 Å². The minimum atomic E-state index is -0.911. The second-order valence-corrected chi connectivity index (χ2v) is 7.24. The average Bonchev–Trinajstić information content (AvgIpc) is 3.25. The predicted molar refractivity (Wildman–Crippen MR) is 125 cm³/mol. The summed E-state index contributed by atoms with van der Waals surface area (Å²) in [6.45, 7) is 1.92. The first-order chi connectivity index (χ1) is 16.0. The molecule has 0 atom stereocenters. The Morgan fingerprint density at radius 2 is 1.64 bits per heavy atom. The first-order valence-electron chi connectivity index (χ1n) is 10.1. The van der Waals surface area contributed by atoms with Crippen LogP contribution in [0.5, 0.6) is 0 Å². The van der Waals surface area contributed by atoms with Crippen LogP contribution in [0.2, 0.25) is 0 Å². The van der Waals surface area contributed by atoms with E-state index in [9.17, 15) is 14.0 Å². The average molecular weight is 441 g/mol. The van der Waals surface area contributed by atoms with Crippen LogP contribution in [0.25, 0.3) is 16.9 Å². The van der Waals surface area contributed by atoms with E-state index in [2.05, 4.69) is 20.9 Å². The maximum absolute atomic E-state index is 13.4. The van der Waals surface area contributed by atoms with Gasteiger partial charge >= 0.3 is 11.8 Å². The Hall–Kier alpha value is -4.59. The fourth-order valence-corrected chi connectivity index (χ4v) is 3.06. The lowest BCUT2D eigenvalue weighted by atomic mass is 10.1. The molecule has 0 aliphatic heterocycles. The van der Waals surface area contributed by atoms with E-state index in [1.807, 2.05) is 49.4 Å². The highest BCUT2D eigenvalue weighted by Crippen LogP contribution is 2.23. The number of rotatable bonds is 5. The summed E-state index contributed by atoms with van der Waals surface area (Å²) < 4.78 is 15.0. The molecule has 0 saturated carbocycles. The molecule has 7 nitrogen and oxygen atoms in total. The lowest BCUT2D eigenvalue weighted by Gasteiger charge is -2.04. The number of hydrogen-bond donors (Lipinski definition) is 2. The van der Waals surface area contributed by atoms with Crippen molar-refractivity contribution in [1.29, 1.82) is 0 Å². The van der Waals surface area contributed by atoms with E-state index in [0.29, 0.717) is 22.5 Å². The Morgan fingerprint density at radius 3 is 2.33 bits per heavy atom. The molecular formula is C25H20FN5O2. The number of para-hydroxylation sites is 1. The number of anilines is 1. The van der Waals surface area contributed by atoms with E-state index < -0.39 is 11.8 Å². The van der Waals surface area contributed by atoms with Crippen molar-refractivity contribution in [2.45, 2.75) is 6.92 Å². The van der Waals surface area contributed by atoms with Crippen LogP contribution in [-0.4, -0.2) is 27.8 Å². The van der Waals surface area contributed by atoms with E-state index in [1.165, 1.54) is 18.3 Å². The summed E-state index contributed by atoms with van der Waals surface area (Å²) >= 11 is 0. The van der Waals surface area contributed by atoms with Crippen LogP contribution in [-0.2, 0) is 9.59 Å². The summed E-state index contributed by atoms with van der Waals surface area (Å²) in [6.07, 6.45) is 3.12. The number of carbonyl (C=O) groups excluding carboxylic acids is 2. The highest BCUT2D eigenvalue weighted by molar-refractivity contribution is 6.39. The minimum Gasteiger partial charge on any atom is -0.318 e. The number of benzene rings is 3. The van der Waals surface area contributed by atoms with Gasteiger partial charge in [-0.3, -0.25) is 9.59 Å². The van der Waals surface area contributed by atoms with Crippen molar-refractivity contribution in [2.75, 3.05) is 5.32 Å². The molecule has 0 aliphatic rings. The maximum atomic E-state index is 13.4. The molecular weight excluding hydrogens is 421 g/mol. The van der Waals surface area contributed by atoms with Gasteiger partial charge in [0, 0.05) is 23.0 Å². The number of carbonyl (C=O) groups is 2. The van der Waals surface area contributed by atoms with Crippen LogP contribution in [0.1, 0.15) is 11.1 Å². The van der Waals surface area contributed by atoms with E-state index in [1.54, 1.807) is 35.1 Å². The Bertz CT molecular complexity index is 1300. The molecule has 4 rings (SSSR count). The molecule has 164 valence electrons. The molecule has 0 bridgehead atoms. The third-order valence-corrected chi connectivity index (χ3v) is 4.77. The van der Waals surface area contributed by atoms with Crippen LogP contribution in [0, 0.1) is 12.7 Å². The zero-order chi connectivity index (χ0) is 23.2. The molecule has 3 aromatic carbocycles. The summed E-state index contributed by atoms with van der Waals surface area (Å²) in [5, 5.41) is 11.0. The topological polar surface area (TPSA) is 88.4 Å². The van der Waals surface area contributed by atoms with Gasteiger partial charge in [-0.15, -0.1) is 0 Å². The van der Waals surface area contributed by atoms with Gasteiger partial charge in [-0.2, -0.15) is 10.2 Å². The van der Waals surface area contributed by atoms with E-state index in [0.717, 1.165) is 11.3 Å². The van der Waals surface area contributed by atoms with E-state index in [4.69, 9.17) is 0 Å². The summed E-state index contributed by atoms with van der Waals surface area (Å²) in [5.41, 5.74) is 6.38. The van der Waals surface area contributed by atoms with E-state index in [-0.39, 0.29) is 5.82 Å². The Morgan fingerprint density at radius 1 is 0.939 bits per heavy atom. The number of hydrazone groups is 1. The first kappa shape index (κ1) is 21.6. The van der Waals surface area contributed by atoms with Crippen molar-refractivity contribution in [1.82, 2.24) is 15.2 Å². The molecule has 2 amide bonds. The molecule has 0 radical (unpaired) electrons. The lowest BCUT2D eigenvalue weighted by molar-refractivity contribution is -0.136. The molecule has 8 heteroatoms. The zero-order valence-electron chi connectivity index (χ0n) is 17.7. The third-order valence-electron chi connectivity index (χ3n) is 4.77. The number of nitrogens with one attached hydrogen (secondary N) is 2. The second-order valence-electron chi connectivity index (χ2n) is 7.24. The second kappa shape index (κ2) is 9.69. The van der Waals surface area contributed by atoms with Crippen molar-refractivity contribution in [3.8, 4) is 16.9 Å². The fourth-order valence-electron chi connectivity index (χ4n) is 3.06. The zero-order valence-corrected chi connectivity index (χ0v) is 17.7. The summed E-state index contributed by atoms with van der Waals surface area (Å²) in [4.78, 5) is 24.2. The standard InChI is InChI=1S/C25H20FN5O2/c1-17-7-13-21(14-8-17)28-24(32)25(33)29-27-15-19-16-31(22-5-3-2-4-6-22)30-23(19)18-9-11-20(26)12-10-18/h2-16H,1H3,(H,28,32)(H,29,33)/b27-15+. The number of nitrogens with zero attached hydrogens (tertiary/aromatic N) is 3. The van der Waals surface area contributed by atoms with Crippen LogP contribution in [0.4, 0.5) is 10.1 Å². The van der Waals surface area contributed by atoms with E-state index >= 15 is 0 Å². The Balaban J connectivity index is 1.52. The molecule has 0 saturated heterocycles. The fraction of sp³-hybridized carbons (Fsp3) is 0.0400. The predicted octanol–water partition coefficient (Wildman–Crippen LogP) is 4.08. The number of hydrogen-bond acceptors (Lipinski definition) is 4. The van der Waals surface area contributed by atoms with Crippen LogP contribution < -0.4 is 10.7 Å². The van der Waals surface area contributed by atoms with Crippen molar-refractivity contribution in [2.24, 2.45) is 5.10 Å². The molecule has 1 aromatic heterocycles. The molecule has 2 N–H and O–H groups in total. The molecule has 0 spiro atoms. The third kappa shape index (κ3) is 5.37. The minimum absolute atomic E-state index is 0.358. The largest absolute Gasteiger partial charge is 0.329 e. The number of amides is 2. The van der Waals surface area contributed by atoms with Gasteiger partial charge in [0.25, 0.3) is 0 Å². The van der Waals surface area contributed by atoms with Gasteiger partial charge in [-0.1, -0.05) is 35.9 Å². The smallest absolute Gasteiger partial charge is 0.318 e. The monoisotopic (exact) mass is 441 g/mol. The van der Waals surface area contributed by atoms with Gasteiger partial charge in [0.1, 0.15) is 11.5 Å². The highest BCUT2D eigenvalue weighted by Gasteiger charge is 2.14. The Labute approximate surface area is 189 Å². The van der Waals surface area contributed by atoms with Crippen molar-refractivity contribution in [3.05, 3.63) is 102 Å². The molecule has 0 fully saturated rings. The van der Waals surface area contributed by atoms with Gasteiger partial charge in [0.15, 0.2) is 0 Å². The molecule has 1 heterocycles. The summed E-state index contributed by atoms with van der Waals surface area (Å²) in [7, 11) is 0. The van der Waals surface area contributed by atoms with Crippen molar-refractivity contribution in [3.63, 3.8) is 0 Å². The number of aryl methyl sites for hydroxylation is 1. The van der Waals surface area contributed by atoms with Crippen molar-refractivity contribution < 1.29 is 14.0 Å². The van der Waals surface area contributed by atoms with Crippen LogP contribution in [0.15, 0.2) is 90.2 Å². The number of halogens is 1. The maximum Gasteiger partial charge on any atom is 0.329 e. The van der Waals surface area contributed by atoms with Gasteiger partial charge in [0.05, 0.1) is 11.9 Å². The molecule has 33 heavy (non-hydrogen) atoms. The highest BCUT2D eigenvalue weighted by atomic mass is 19.1. The normalized spacial score (nSPS) is 10.8. The van der Waals surface area contributed by atoms with Gasteiger partial charge in [0.2, 0.25) is 0 Å².